The number of carbonyl (C=O) groups is 1. The van der Waals surface area contributed by atoms with Crippen LogP contribution in [0.25, 0.3) is 0 Å². The molecule has 2 N–H and O–H groups in total. The van der Waals surface area contributed by atoms with Crippen LogP contribution in [0.3, 0.4) is 0 Å². The lowest BCUT2D eigenvalue weighted by Crippen LogP contribution is -2.28. The van der Waals surface area contributed by atoms with E-state index in [9.17, 15) is 4.79 Å². The maximum absolute atomic E-state index is 11.6. The van der Waals surface area contributed by atoms with Crippen molar-refractivity contribution >= 4 is 11.6 Å². The number of amides is 1. The Kier molecular flexibility index (Phi) is 5.22. The Morgan fingerprint density at radius 3 is 2.78 bits per heavy atom. The first-order valence-electron chi connectivity index (χ1n) is 5.68. The summed E-state index contributed by atoms with van der Waals surface area (Å²) in [4.78, 5) is 11.6. The molecule has 4 nitrogen and oxygen atoms in total. The number of benzene rings is 1. The van der Waals surface area contributed by atoms with E-state index in [0.29, 0.717) is 6.54 Å². The van der Waals surface area contributed by atoms with Crippen LogP contribution in [0.4, 0.5) is 5.69 Å². The Morgan fingerprint density at radius 1 is 1.44 bits per heavy atom. The highest BCUT2D eigenvalue weighted by atomic mass is 16.5. The monoisotopic (exact) mass is 246 g/mol. The summed E-state index contributed by atoms with van der Waals surface area (Å²) in [7, 11) is 1.62. The van der Waals surface area contributed by atoms with Crippen molar-refractivity contribution in [3.05, 3.63) is 23.3 Å². The summed E-state index contributed by atoms with van der Waals surface area (Å²) in [5.41, 5.74) is 2.71. The maximum Gasteiger partial charge on any atom is 0.238 e. The molecule has 0 radical (unpaired) electrons. The van der Waals surface area contributed by atoms with Gasteiger partial charge in [0.05, 0.1) is 20.2 Å². The van der Waals surface area contributed by atoms with Gasteiger partial charge in [0.15, 0.2) is 0 Å². The van der Waals surface area contributed by atoms with E-state index in [1.54, 1.807) is 7.11 Å². The molecule has 0 unspecified atom stereocenters. The van der Waals surface area contributed by atoms with Crippen LogP contribution >= 0.6 is 0 Å². The van der Waals surface area contributed by atoms with Crippen LogP contribution in [0.5, 0.6) is 5.75 Å². The Hall–Kier alpha value is -1.99. The van der Waals surface area contributed by atoms with Gasteiger partial charge in [-0.05, 0) is 25.5 Å². The molecule has 18 heavy (non-hydrogen) atoms. The van der Waals surface area contributed by atoms with Gasteiger partial charge in [0.1, 0.15) is 5.75 Å². The fraction of sp³-hybridized carbons (Fsp3) is 0.357. The van der Waals surface area contributed by atoms with Crippen molar-refractivity contribution in [2.75, 3.05) is 25.5 Å². The predicted octanol–water partition coefficient (Wildman–Crippen LogP) is 1.47. The van der Waals surface area contributed by atoms with Gasteiger partial charge < -0.3 is 10.1 Å². The number of methoxy groups -OCH3 is 1. The van der Waals surface area contributed by atoms with E-state index in [2.05, 4.69) is 16.6 Å². The second kappa shape index (κ2) is 6.67. The zero-order chi connectivity index (χ0) is 13.5. The number of aryl methyl sites for hydroxylation is 1. The fourth-order valence-electron chi connectivity index (χ4n) is 1.72. The second-order valence-corrected chi connectivity index (χ2v) is 3.94. The predicted molar refractivity (Wildman–Crippen MR) is 72.8 cm³/mol. The summed E-state index contributed by atoms with van der Waals surface area (Å²) < 4.78 is 5.30. The van der Waals surface area contributed by atoms with E-state index in [0.717, 1.165) is 22.6 Å². The third kappa shape index (κ3) is 3.51. The molecule has 1 aromatic carbocycles. The van der Waals surface area contributed by atoms with Gasteiger partial charge in [0, 0.05) is 11.3 Å². The van der Waals surface area contributed by atoms with Crippen molar-refractivity contribution in [2.24, 2.45) is 0 Å². The van der Waals surface area contributed by atoms with E-state index < -0.39 is 0 Å². The van der Waals surface area contributed by atoms with E-state index in [4.69, 9.17) is 11.2 Å². The molecular formula is C14H18N2O2. The number of hydrogen-bond acceptors (Lipinski definition) is 3. The van der Waals surface area contributed by atoms with Gasteiger partial charge in [-0.1, -0.05) is 12.0 Å². The second-order valence-electron chi connectivity index (χ2n) is 3.94. The molecule has 1 rings (SSSR count). The topological polar surface area (TPSA) is 50.4 Å². The van der Waals surface area contributed by atoms with E-state index >= 15 is 0 Å². The van der Waals surface area contributed by atoms with Crippen LogP contribution in [0.1, 0.15) is 11.1 Å². The molecule has 0 saturated carbocycles. The Morgan fingerprint density at radius 2 is 2.17 bits per heavy atom. The fourth-order valence-corrected chi connectivity index (χ4v) is 1.72. The van der Waals surface area contributed by atoms with Crippen LogP contribution < -0.4 is 15.4 Å². The molecule has 0 spiro atoms. The molecule has 0 aliphatic heterocycles. The summed E-state index contributed by atoms with van der Waals surface area (Å²) in [6.45, 7) is 4.45. The molecular weight excluding hydrogens is 228 g/mol. The summed E-state index contributed by atoms with van der Waals surface area (Å²) >= 11 is 0. The first-order chi connectivity index (χ1) is 8.60. The van der Waals surface area contributed by atoms with Crippen LogP contribution in [-0.2, 0) is 4.79 Å². The molecule has 96 valence electrons. The molecule has 1 amide bonds. The number of carbonyl (C=O) groups excluding carboxylic acids is 1. The maximum atomic E-state index is 11.6. The zero-order valence-corrected chi connectivity index (χ0v) is 11.0. The average molecular weight is 246 g/mol. The number of hydrogen-bond donors (Lipinski definition) is 2. The molecule has 1 aromatic rings. The summed E-state index contributed by atoms with van der Waals surface area (Å²) in [5, 5.41) is 5.66. The standard InChI is InChI=1S/C14H18N2O2/c1-5-8-15-9-13(17)16-12-7-6-10(2)14(18-4)11(12)3/h1,6-7,15H,8-9H2,2-4H3,(H,16,17). The highest BCUT2D eigenvalue weighted by Crippen LogP contribution is 2.28. The summed E-state index contributed by atoms with van der Waals surface area (Å²) in [5.74, 6) is 3.08. The largest absolute Gasteiger partial charge is 0.496 e. The average Bonchev–Trinajstić information content (AvgIpc) is 2.34. The lowest BCUT2D eigenvalue weighted by Gasteiger charge is -2.14. The van der Waals surface area contributed by atoms with Crippen molar-refractivity contribution < 1.29 is 9.53 Å². The molecule has 0 bridgehead atoms. The third-order valence-electron chi connectivity index (χ3n) is 2.59. The van der Waals surface area contributed by atoms with E-state index in [-0.39, 0.29) is 12.5 Å². The van der Waals surface area contributed by atoms with Gasteiger partial charge in [0.25, 0.3) is 0 Å². The molecule has 4 heteroatoms. The van der Waals surface area contributed by atoms with Crippen LogP contribution in [0.15, 0.2) is 12.1 Å². The number of anilines is 1. The molecule has 0 fully saturated rings. The number of rotatable bonds is 5. The van der Waals surface area contributed by atoms with Gasteiger partial charge in [-0.3, -0.25) is 10.1 Å². The minimum atomic E-state index is -0.126. The lowest BCUT2D eigenvalue weighted by molar-refractivity contribution is -0.115. The number of terminal acetylenes is 1. The molecule has 0 heterocycles. The third-order valence-corrected chi connectivity index (χ3v) is 2.59. The Labute approximate surface area is 108 Å². The van der Waals surface area contributed by atoms with E-state index in [1.165, 1.54) is 0 Å². The van der Waals surface area contributed by atoms with E-state index in [1.807, 2.05) is 26.0 Å². The molecule has 0 aliphatic carbocycles. The zero-order valence-electron chi connectivity index (χ0n) is 11.0. The van der Waals surface area contributed by atoms with Gasteiger partial charge >= 0.3 is 0 Å². The van der Waals surface area contributed by atoms with Crippen LogP contribution in [-0.4, -0.2) is 26.1 Å². The highest BCUT2D eigenvalue weighted by Gasteiger charge is 2.09. The highest BCUT2D eigenvalue weighted by molar-refractivity contribution is 5.93. The first kappa shape index (κ1) is 14.1. The smallest absolute Gasteiger partial charge is 0.238 e. The summed E-state index contributed by atoms with van der Waals surface area (Å²) in [6.07, 6.45) is 5.09. The molecule has 0 saturated heterocycles. The Balaban J connectivity index is 2.74. The van der Waals surface area contributed by atoms with Crippen molar-refractivity contribution in [3.8, 4) is 18.1 Å². The van der Waals surface area contributed by atoms with Crippen molar-refractivity contribution in [1.82, 2.24) is 5.32 Å². The quantitative estimate of drug-likeness (QED) is 0.611. The van der Waals surface area contributed by atoms with Crippen LogP contribution in [0.2, 0.25) is 0 Å². The molecule has 0 atom stereocenters. The minimum Gasteiger partial charge on any atom is -0.496 e. The van der Waals surface area contributed by atoms with Crippen molar-refractivity contribution in [3.63, 3.8) is 0 Å². The van der Waals surface area contributed by atoms with Gasteiger partial charge in [-0.15, -0.1) is 6.42 Å². The first-order valence-corrected chi connectivity index (χ1v) is 5.68. The number of nitrogens with one attached hydrogen (secondary N) is 2. The summed E-state index contributed by atoms with van der Waals surface area (Å²) in [6, 6.07) is 3.78. The minimum absolute atomic E-state index is 0.126. The van der Waals surface area contributed by atoms with Crippen LogP contribution in [0, 0.1) is 26.2 Å². The Bertz CT molecular complexity index is 475. The molecule has 0 aromatic heterocycles. The van der Waals surface area contributed by atoms with Gasteiger partial charge in [-0.25, -0.2) is 0 Å². The van der Waals surface area contributed by atoms with Crippen molar-refractivity contribution in [1.29, 1.82) is 0 Å². The normalized spacial score (nSPS) is 9.67. The van der Waals surface area contributed by atoms with Gasteiger partial charge in [-0.2, -0.15) is 0 Å². The molecule has 0 aliphatic rings. The van der Waals surface area contributed by atoms with Crippen molar-refractivity contribution in [2.45, 2.75) is 13.8 Å². The lowest BCUT2D eigenvalue weighted by atomic mass is 10.1. The number of ether oxygens (including phenoxy) is 1. The SMILES string of the molecule is C#CCNCC(=O)Nc1ccc(C)c(OC)c1C. The van der Waals surface area contributed by atoms with Gasteiger partial charge in [0.2, 0.25) is 5.91 Å².